The lowest BCUT2D eigenvalue weighted by Crippen LogP contribution is -2.35. The average Bonchev–Trinajstić information content (AvgIpc) is 2.89. The monoisotopic (exact) mass is 378 g/mol. The van der Waals surface area contributed by atoms with Gasteiger partial charge in [0, 0.05) is 12.2 Å². The van der Waals surface area contributed by atoms with Gasteiger partial charge in [0.15, 0.2) is 6.61 Å². The number of nitrogens with zero attached hydrogens (tertiary/aromatic N) is 4. The number of hydrogen-bond acceptors (Lipinski definition) is 6. The fraction of sp³-hybridized carbons (Fsp3) is 0.353. The first-order chi connectivity index (χ1) is 12.7. The predicted octanol–water partition coefficient (Wildman–Crippen LogP) is 2.14. The molecule has 0 saturated carbocycles. The number of ether oxygens (including phenoxy) is 1. The van der Waals surface area contributed by atoms with Crippen molar-refractivity contribution in [3.8, 4) is 0 Å². The van der Waals surface area contributed by atoms with Gasteiger partial charge in [0.05, 0.1) is 4.92 Å². The number of carbonyl (C=O) groups excluding carboxylic acids is 2. The van der Waals surface area contributed by atoms with Gasteiger partial charge < -0.3 is 9.64 Å². The van der Waals surface area contributed by atoms with Gasteiger partial charge >= 0.3 is 11.7 Å². The summed E-state index contributed by atoms with van der Waals surface area (Å²) in [4.78, 5) is 36.0. The van der Waals surface area contributed by atoms with Crippen LogP contribution in [-0.4, -0.2) is 39.7 Å². The van der Waals surface area contributed by atoms with Gasteiger partial charge in [-0.15, -0.1) is 0 Å². The Balaban J connectivity index is 1.98. The van der Waals surface area contributed by atoms with Gasteiger partial charge in [-0.05, 0) is 45.0 Å². The molecular weight excluding hydrogens is 359 g/mol. The van der Waals surface area contributed by atoms with Crippen LogP contribution in [0.25, 0.3) is 0 Å². The summed E-state index contributed by atoms with van der Waals surface area (Å²) in [6.07, 6.45) is 0. The minimum absolute atomic E-state index is 0.160. The highest BCUT2D eigenvalue weighted by atomic mass is 19.1. The van der Waals surface area contributed by atoms with Crippen molar-refractivity contribution in [2.24, 2.45) is 0 Å². The van der Waals surface area contributed by atoms with Gasteiger partial charge in [0.1, 0.15) is 23.7 Å². The Morgan fingerprint density at radius 1 is 1.30 bits per heavy atom. The summed E-state index contributed by atoms with van der Waals surface area (Å²) in [5.74, 6) is -1.65. The molecule has 27 heavy (non-hydrogen) atoms. The second kappa shape index (κ2) is 8.39. The molecule has 1 aromatic heterocycles. The Morgan fingerprint density at radius 3 is 2.44 bits per heavy atom. The standard InChI is InChI=1S/C17H19FN4O5/c1-4-20(14-7-5-13(18)6-8-14)15(23)10-27-16(24)9-21-12(3)17(22(25)26)11(2)19-21/h5-8H,4,9-10H2,1-3H3. The van der Waals surface area contributed by atoms with E-state index in [0.29, 0.717) is 12.2 Å². The molecule has 0 aliphatic heterocycles. The molecule has 0 radical (unpaired) electrons. The van der Waals surface area contributed by atoms with Gasteiger partial charge in [-0.2, -0.15) is 5.10 Å². The molecule has 0 unspecified atom stereocenters. The summed E-state index contributed by atoms with van der Waals surface area (Å²) in [5, 5.41) is 14.9. The van der Waals surface area contributed by atoms with E-state index in [0.717, 1.165) is 4.68 Å². The van der Waals surface area contributed by atoms with E-state index in [1.54, 1.807) is 6.92 Å². The van der Waals surface area contributed by atoms with Crippen molar-refractivity contribution in [3.63, 3.8) is 0 Å². The van der Waals surface area contributed by atoms with Crippen LogP contribution in [-0.2, 0) is 20.9 Å². The molecule has 9 nitrogen and oxygen atoms in total. The fourth-order valence-corrected chi connectivity index (χ4v) is 2.62. The molecule has 0 aliphatic rings. The molecule has 1 heterocycles. The van der Waals surface area contributed by atoms with E-state index >= 15 is 0 Å². The van der Waals surface area contributed by atoms with Crippen LogP contribution in [0.2, 0.25) is 0 Å². The maximum Gasteiger partial charge on any atom is 0.328 e. The third kappa shape index (κ3) is 4.66. The number of aryl methyl sites for hydroxylation is 1. The third-order valence-corrected chi connectivity index (χ3v) is 3.92. The average molecular weight is 378 g/mol. The van der Waals surface area contributed by atoms with Gasteiger partial charge in [-0.3, -0.25) is 24.4 Å². The highest BCUT2D eigenvalue weighted by Gasteiger charge is 2.23. The smallest absolute Gasteiger partial charge is 0.328 e. The molecular formula is C17H19FN4O5. The molecule has 2 rings (SSSR count). The second-order valence-electron chi connectivity index (χ2n) is 5.71. The minimum Gasteiger partial charge on any atom is -0.454 e. The molecule has 0 fully saturated rings. The minimum atomic E-state index is -0.751. The molecule has 0 N–H and O–H groups in total. The Kier molecular flexibility index (Phi) is 6.22. The summed E-state index contributed by atoms with van der Waals surface area (Å²) < 4.78 is 19.1. The maximum atomic E-state index is 13.0. The Labute approximate surface area is 154 Å². The number of anilines is 1. The zero-order chi connectivity index (χ0) is 20.1. The molecule has 0 saturated heterocycles. The van der Waals surface area contributed by atoms with Crippen LogP contribution in [0.5, 0.6) is 0 Å². The molecule has 0 spiro atoms. The summed E-state index contributed by atoms with van der Waals surface area (Å²) in [6.45, 7) is 4.13. The predicted molar refractivity (Wildman–Crippen MR) is 93.7 cm³/mol. The van der Waals surface area contributed by atoms with Crippen molar-refractivity contribution in [1.29, 1.82) is 0 Å². The van der Waals surface area contributed by atoms with Crippen molar-refractivity contribution in [1.82, 2.24) is 9.78 Å². The van der Waals surface area contributed by atoms with Crippen LogP contribution < -0.4 is 4.90 Å². The van der Waals surface area contributed by atoms with Crippen molar-refractivity contribution < 1.29 is 23.6 Å². The van der Waals surface area contributed by atoms with Crippen LogP contribution in [0, 0.1) is 29.8 Å². The van der Waals surface area contributed by atoms with E-state index in [2.05, 4.69) is 5.10 Å². The molecule has 0 atom stereocenters. The van der Waals surface area contributed by atoms with Crippen LogP contribution in [0.4, 0.5) is 15.8 Å². The lowest BCUT2D eigenvalue weighted by molar-refractivity contribution is -0.386. The van der Waals surface area contributed by atoms with Crippen LogP contribution >= 0.6 is 0 Å². The molecule has 10 heteroatoms. The van der Waals surface area contributed by atoms with Crippen molar-refractivity contribution >= 4 is 23.3 Å². The van der Waals surface area contributed by atoms with Crippen LogP contribution in [0.1, 0.15) is 18.3 Å². The molecule has 0 bridgehead atoms. The number of rotatable bonds is 7. The Bertz CT molecular complexity index is 863. The molecule has 144 valence electrons. The molecule has 1 aromatic carbocycles. The molecule has 0 aliphatic carbocycles. The highest BCUT2D eigenvalue weighted by Crippen LogP contribution is 2.21. The summed E-state index contributed by atoms with van der Waals surface area (Å²) in [5.41, 5.74) is 0.735. The number of halogens is 1. The molecule has 1 amide bonds. The fourth-order valence-electron chi connectivity index (χ4n) is 2.62. The summed E-state index contributed by atoms with van der Waals surface area (Å²) in [6, 6.07) is 5.36. The van der Waals surface area contributed by atoms with E-state index in [9.17, 15) is 24.1 Å². The number of nitro groups is 1. The number of benzene rings is 1. The van der Waals surface area contributed by atoms with E-state index in [-0.39, 0.29) is 23.6 Å². The number of aromatic nitrogens is 2. The molecule has 2 aromatic rings. The highest BCUT2D eigenvalue weighted by molar-refractivity contribution is 5.95. The number of carbonyl (C=O) groups is 2. The first-order valence-electron chi connectivity index (χ1n) is 8.14. The van der Waals surface area contributed by atoms with Crippen molar-refractivity contribution in [3.05, 3.63) is 51.6 Å². The zero-order valence-electron chi connectivity index (χ0n) is 15.1. The third-order valence-electron chi connectivity index (χ3n) is 3.92. The largest absolute Gasteiger partial charge is 0.454 e. The van der Waals surface area contributed by atoms with Gasteiger partial charge in [0.2, 0.25) is 0 Å². The normalized spacial score (nSPS) is 10.5. The Hall–Kier alpha value is -3.30. The second-order valence-corrected chi connectivity index (χ2v) is 5.71. The zero-order valence-corrected chi connectivity index (χ0v) is 15.1. The number of esters is 1. The van der Waals surface area contributed by atoms with Gasteiger partial charge in [-0.1, -0.05) is 0 Å². The van der Waals surface area contributed by atoms with Crippen LogP contribution in [0.15, 0.2) is 24.3 Å². The SMILES string of the molecule is CCN(C(=O)COC(=O)Cn1nc(C)c([N+](=O)[O-])c1C)c1ccc(F)cc1. The number of likely N-dealkylation sites (N-methyl/N-ethyl adjacent to an activating group) is 1. The Morgan fingerprint density at radius 2 is 1.93 bits per heavy atom. The summed E-state index contributed by atoms with van der Waals surface area (Å²) in [7, 11) is 0. The van der Waals surface area contributed by atoms with E-state index in [1.807, 2.05) is 0 Å². The quantitative estimate of drug-likeness (QED) is 0.415. The topological polar surface area (TPSA) is 108 Å². The van der Waals surface area contributed by atoms with Crippen LogP contribution in [0.3, 0.4) is 0 Å². The lowest BCUT2D eigenvalue weighted by Gasteiger charge is -2.20. The van der Waals surface area contributed by atoms with E-state index in [4.69, 9.17) is 4.74 Å². The van der Waals surface area contributed by atoms with Crippen molar-refractivity contribution in [2.75, 3.05) is 18.1 Å². The first-order valence-corrected chi connectivity index (χ1v) is 8.14. The maximum absolute atomic E-state index is 13.0. The van der Waals surface area contributed by atoms with E-state index < -0.39 is 29.2 Å². The van der Waals surface area contributed by atoms with Gasteiger partial charge in [0.25, 0.3) is 5.91 Å². The first kappa shape index (κ1) is 20.0. The van der Waals surface area contributed by atoms with E-state index in [1.165, 1.54) is 43.0 Å². The summed E-state index contributed by atoms with van der Waals surface area (Å²) >= 11 is 0. The number of amides is 1. The van der Waals surface area contributed by atoms with Gasteiger partial charge in [-0.25, -0.2) is 4.39 Å². The number of hydrogen-bond donors (Lipinski definition) is 0. The lowest BCUT2D eigenvalue weighted by atomic mass is 10.2. The van der Waals surface area contributed by atoms with Crippen molar-refractivity contribution in [2.45, 2.75) is 27.3 Å².